The topological polar surface area (TPSA) is 60.4 Å². The Morgan fingerprint density at radius 2 is 2.08 bits per heavy atom. The number of carbonyl (C=O) groups is 3. The first-order valence-corrected chi connectivity index (χ1v) is 3.98. The highest BCUT2D eigenvalue weighted by molar-refractivity contribution is 6.37. The fourth-order valence-corrected chi connectivity index (χ4v) is 0.691. The van der Waals surface area contributed by atoms with Gasteiger partial charge in [-0.15, -0.1) is 0 Å². The molecule has 0 radical (unpaired) electrons. The lowest BCUT2D eigenvalue weighted by atomic mass is 10.1. The highest BCUT2D eigenvalue weighted by Crippen LogP contribution is 1.96. The SMILES string of the molecule is [2H]C([2H])([2H])CCC(=O)CC(=O)C(=O)OCC. The highest BCUT2D eigenvalue weighted by atomic mass is 16.5. The van der Waals surface area contributed by atoms with E-state index in [1.165, 1.54) is 0 Å². The molecule has 0 amide bonds. The van der Waals surface area contributed by atoms with Crippen molar-refractivity contribution in [1.82, 2.24) is 0 Å². The summed E-state index contributed by atoms with van der Waals surface area (Å²) >= 11 is 0. The number of hydrogen-bond acceptors (Lipinski definition) is 4. The normalized spacial score (nSPS) is 13.8. The van der Waals surface area contributed by atoms with Crippen molar-refractivity contribution < 1.29 is 23.2 Å². The van der Waals surface area contributed by atoms with Gasteiger partial charge in [0.25, 0.3) is 0 Å². The van der Waals surface area contributed by atoms with E-state index in [-0.39, 0.29) is 19.4 Å². The first kappa shape index (κ1) is 7.24. The lowest BCUT2D eigenvalue weighted by Gasteiger charge is -1.99. The van der Waals surface area contributed by atoms with Gasteiger partial charge in [-0.1, -0.05) is 6.85 Å². The fourth-order valence-electron chi connectivity index (χ4n) is 0.691. The van der Waals surface area contributed by atoms with Crippen molar-refractivity contribution >= 4 is 17.5 Å². The summed E-state index contributed by atoms with van der Waals surface area (Å²) in [5, 5.41) is 0. The van der Waals surface area contributed by atoms with Crippen LogP contribution >= 0.6 is 0 Å². The van der Waals surface area contributed by atoms with Crippen LogP contribution < -0.4 is 0 Å². The van der Waals surface area contributed by atoms with E-state index in [0.717, 1.165) is 0 Å². The zero-order valence-electron chi connectivity index (χ0n) is 10.5. The average Bonchev–Trinajstić information content (AvgIpc) is 2.14. The largest absolute Gasteiger partial charge is 0.460 e. The van der Waals surface area contributed by atoms with Gasteiger partial charge < -0.3 is 4.74 Å². The standard InChI is InChI=1S/C9H14O4/c1-3-5-7(10)6-8(11)9(12)13-4-2/h3-6H2,1-2H3/i1D3. The van der Waals surface area contributed by atoms with Crippen LogP contribution in [-0.2, 0) is 19.1 Å². The Morgan fingerprint density at radius 3 is 2.62 bits per heavy atom. The number of hydrogen-bond donors (Lipinski definition) is 0. The molecular weight excluding hydrogens is 172 g/mol. The van der Waals surface area contributed by atoms with Crippen molar-refractivity contribution in [1.29, 1.82) is 0 Å². The zero-order chi connectivity index (χ0) is 12.8. The second-order valence-corrected chi connectivity index (χ2v) is 2.36. The summed E-state index contributed by atoms with van der Waals surface area (Å²) in [7, 11) is 0. The van der Waals surface area contributed by atoms with Gasteiger partial charge in [-0.25, -0.2) is 4.79 Å². The molecule has 0 bridgehead atoms. The van der Waals surface area contributed by atoms with E-state index in [1.54, 1.807) is 6.92 Å². The second-order valence-electron chi connectivity index (χ2n) is 2.36. The van der Waals surface area contributed by atoms with E-state index in [1.807, 2.05) is 0 Å². The summed E-state index contributed by atoms with van der Waals surface area (Å²) in [6, 6.07) is 0. The molecule has 0 aliphatic rings. The van der Waals surface area contributed by atoms with Crippen molar-refractivity contribution in [2.75, 3.05) is 6.61 Å². The molecule has 0 fully saturated rings. The molecule has 0 aromatic heterocycles. The number of Topliss-reactive ketones (excluding diaryl/α,β-unsaturated/α-hetero) is 2. The molecule has 0 rings (SSSR count). The van der Waals surface area contributed by atoms with Crippen LogP contribution in [0.1, 0.15) is 37.2 Å². The van der Waals surface area contributed by atoms with E-state index in [9.17, 15) is 14.4 Å². The summed E-state index contributed by atoms with van der Waals surface area (Å²) < 4.78 is 25.0. The molecule has 0 N–H and O–H groups in total. The lowest BCUT2D eigenvalue weighted by Crippen LogP contribution is -2.20. The minimum absolute atomic E-state index is 0.0635. The first-order chi connectivity index (χ1) is 7.26. The molecule has 0 spiro atoms. The third-order valence-electron chi connectivity index (χ3n) is 1.26. The summed E-state index contributed by atoms with van der Waals surface area (Å²) in [4.78, 5) is 33.0. The molecular formula is C9H14O4. The van der Waals surface area contributed by atoms with Gasteiger partial charge in [0.05, 0.1) is 13.0 Å². The number of rotatable bonds is 6. The number of esters is 1. The molecule has 0 aliphatic heterocycles. The van der Waals surface area contributed by atoms with Gasteiger partial charge in [0.15, 0.2) is 0 Å². The molecule has 0 aromatic carbocycles. The van der Waals surface area contributed by atoms with E-state index in [4.69, 9.17) is 4.11 Å². The Bertz CT molecular complexity index is 283. The van der Waals surface area contributed by atoms with Crippen LogP contribution in [0.4, 0.5) is 0 Å². The van der Waals surface area contributed by atoms with Gasteiger partial charge in [0.2, 0.25) is 5.78 Å². The van der Waals surface area contributed by atoms with Gasteiger partial charge in [0.1, 0.15) is 5.78 Å². The Balaban J connectivity index is 3.97. The van der Waals surface area contributed by atoms with Crippen molar-refractivity contribution in [3.8, 4) is 0 Å². The van der Waals surface area contributed by atoms with Crippen LogP contribution in [0.25, 0.3) is 0 Å². The predicted octanol–water partition coefficient (Wildman–Crippen LogP) is 0.878. The van der Waals surface area contributed by atoms with E-state index < -0.39 is 30.8 Å². The van der Waals surface area contributed by atoms with Crippen molar-refractivity contribution in [3.63, 3.8) is 0 Å². The first-order valence-electron chi connectivity index (χ1n) is 5.48. The quantitative estimate of drug-likeness (QED) is 0.353. The lowest BCUT2D eigenvalue weighted by molar-refractivity contribution is -0.154. The smallest absolute Gasteiger partial charge is 0.375 e. The van der Waals surface area contributed by atoms with Crippen LogP contribution in [0.2, 0.25) is 0 Å². The predicted molar refractivity (Wildman–Crippen MR) is 46.2 cm³/mol. The zero-order valence-corrected chi connectivity index (χ0v) is 7.46. The van der Waals surface area contributed by atoms with E-state index in [0.29, 0.717) is 0 Å². The molecule has 4 nitrogen and oxygen atoms in total. The Morgan fingerprint density at radius 1 is 1.38 bits per heavy atom. The summed E-state index contributed by atoms with van der Waals surface area (Å²) in [5.74, 6) is -2.55. The average molecular weight is 189 g/mol. The number of carbonyl (C=O) groups excluding carboxylic acids is 3. The minimum Gasteiger partial charge on any atom is -0.460 e. The maximum atomic E-state index is 11.1. The highest BCUT2D eigenvalue weighted by Gasteiger charge is 2.17. The third kappa shape index (κ3) is 5.11. The minimum atomic E-state index is -2.19. The molecule has 0 saturated heterocycles. The number of ketones is 2. The van der Waals surface area contributed by atoms with E-state index >= 15 is 0 Å². The maximum Gasteiger partial charge on any atom is 0.375 e. The Hall–Kier alpha value is -1.19. The molecule has 74 valence electrons. The number of ether oxygens (including phenoxy) is 1. The molecule has 4 heteroatoms. The van der Waals surface area contributed by atoms with Crippen molar-refractivity contribution in [3.05, 3.63) is 0 Å². The van der Waals surface area contributed by atoms with Gasteiger partial charge in [-0.05, 0) is 13.3 Å². The van der Waals surface area contributed by atoms with Gasteiger partial charge >= 0.3 is 5.97 Å². The Kier molecular flexibility index (Phi) is 3.53. The summed E-state index contributed by atoms with van der Waals surface area (Å²) in [6.07, 6.45) is -1.11. The molecule has 0 aliphatic carbocycles. The van der Waals surface area contributed by atoms with Crippen LogP contribution in [0.5, 0.6) is 0 Å². The van der Waals surface area contributed by atoms with Gasteiger partial charge in [0, 0.05) is 10.5 Å². The maximum absolute atomic E-state index is 11.1. The van der Waals surface area contributed by atoms with Crippen molar-refractivity contribution in [2.24, 2.45) is 0 Å². The van der Waals surface area contributed by atoms with Crippen LogP contribution in [0.15, 0.2) is 0 Å². The molecule has 13 heavy (non-hydrogen) atoms. The monoisotopic (exact) mass is 189 g/mol. The van der Waals surface area contributed by atoms with Crippen LogP contribution in [0, 0.1) is 0 Å². The Labute approximate surface area is 81.5 Å². The third-order valence-corrected chi connectivity index (χ3v) is 1.26. The summed E-state index contributed by atoms with van der Waals surface area (Å²) in [5.41, 5.74) is 0. The van der Waals surface area contributed by atoms with Gasteiger partial charge in [-0.3, -0.25) is 9.59 Å². The van der Waals surface area contributed by atoms with Crippen LogP contribution in [-0.4, -0.2) is 24.1 Å². The summed E-state index contributed by atoms with van der Waals surface area (Å²) in [6.45, 7) is -0.585. The van der Waals surface area contributed by atoms with Gasteiger partial charge in [-0.2, -0.15) is 0 Å². The van der Waals surface area contributed by atoms with Crippen molar-refractivity contribution in [2.45, 2.75) is 33.0 Å². The molecule has 0 aromatic rings. The molecule has 0 saturated carbocycles. The molecule has 0 unspecified atom stereocenters. The molecule has 0 heterocycles. The fraction of sp³-hybridized carbons (Fsp3) is 0.667. The molecule has 0 atom stereocenters. The van der Waals surface area contributed by atoms with E-state index in [2.05, 4.69) is 4.74 Å². The van der Waals surface area contributed by atoms with Crippen LogP contribution in [0.3, 0.4) is 0 Å². The second kappa shape index (κ2) is 6.34.